The van der Waals surface area contributed by atoms with Crippen molar-refractivity contribution in [3.05, 3.63) is 29.8 Å². The van der Waals surface area contributed by atoms with Crippen LogP contribution in [0.25, 0.3) is 0 Å². The number of rotatable bonds is 0. The van der Waals surface area contributed by atoms with E-state index in [2.05, 4.69) is 0 Å². The number of para-hydroxylation sites is 1. The van der Waals surface area contributed by atoms with Crippen molar-refractivity contribution in [1.82, 2.24) is 0 Å². The standard InChI is InChI=1S/C8H9NO/c9-8-5-6-3-1-2-4-7(6)10-8/h1-4,8H,5,9H2. The highest BCUT2D eigenvalue weighted by molar-refractivity contribution is 5.36. The van der Waals surface area contributed by atoms with Gasteiger partial charge in [0.25, 0.3) is 0 Å². The molecule has 1 aromatic carbocycles. The Morgan fingerprint density at radius 2 is 2.20 bits per heavy atom. The van der Waals surface area contributed by atoms with Gasteiger partial charge in [-0.3, -0.25) is 5.73 Å². The van der Waals surface area contributed by atoms with Crippen LogP contribution in [0.3, 0.4) is 0 Å². The molecule has 1 heterocycles. The molecule has 2 heteroatoms. The van der Waals surface area contributed by atoms with Crippen molar-refractivity contribution in [3.8, 4) is 5.75 Å². The molecule has 0 fully saturated rings. The number of hydrogen-bond donors (Lipinski definition) is 1. The molecule has 1 aliphatic rings. The Hall–Kier alpha value is -1.02. The van der Waals surface area contributed by atoms with E-state index in [9.17, 15) is 0 Å². The van der Waals surface area contributed by atoms with Gasteiger partial charge in [-0.2, -0.15) is 0 Å². The lowest BCUT2D eigenvalue weighted by molar-refractivity contribution is 0.241. The zero-order valence-electron chi connectivity index (χ0n) is 5.58. The quantitative estimate of drug-likeness (QED) is 0.573. The van der Waals surface area contributed by atoms with Crippen LogP contribution in [-0.4, -0.2) is 6.23 Å². The average Bonchev–Trinajstić information content (AvgIpc) is 2.27. The summed E-state index contributed by atoms with van der Waals surface area (Å²) in [7, 11) is 0. The Bertz CT molecular complexity index is 222. The first-order valence-electron chi connectivity index (χ1n) is 3.36. The molecule has 10 heavy (non-hydrogen) atoms. The van der Waals surface area contributed by atoms with E-state index in [0.717, 1.165) is 12.2 Å². The first kappa shape index (κ1) is 5.74. The van der Waals surface area contributed by atoms with Crippen LogP contribution < -0.4 is 10.5 Å². The molecule has 2 N–H and O–H groups in total. The van der Waals surface area contributed by atoms with Crippen molar-refractivity contribution in [2.45, 2.75) is 12.6 Å². The molecule has 52 valence electrons. The minimum atomic E-state index is -0.127. The molecule has 0 aromatic heterocycles. The Morgan fingerprint density at radius 1 is 1.40 bits per heavy atom. The van der Waals surface area contributed by atoms with E-state index in [1.807, 2.05) is 24.3 Å². The van der Waals surface area contributed by atoms with Gasteiger partial charge in [0.1, 0.15) is 5.75 Å². The van der Waals surface area contributed by atoms with E-state index in [-0.39, 0.29) is 6.23 Å². The summed E-state index contributed by atoms with van der Waals surface area (Å²) in [5.74, 6) is 0.940. The predicted octanol–water partition coefficient (Wildman–Crippen LogP) is 0.906. The fourth-order valence-corrected chi connectivity index (χ4v) is 1.21. The maximum Gasteiger partial charge on any atom is 0.151 e. The second-order valence-electron chi connectivity index (χ2n) is 2.47. The van der Waals surface area contributed by atoms with Gasteiger partial charge in [-0.25, -0.2) is 0 Å². The van der Waals surface area contributed by atoms with E-state index in [1.54, 1.807) is 0 Å². The molecule has 0 saturated heterocycles. The molecule has 1 aliphatic heterocycles. The average molecular weight is 135 g/mol. The lowest BCUT2D eigenvalue weighted by Gasteiger charge is -2.00. The molecule has 0 radical (unpaired) electrons. The van der Waals surface area contributed by atoms with Gasteiger partial charge in [0.15, 0.2) is 6.23 Å². The summed E-state index contributed by atoms with van der Waals surface area (Å²) in [6, 6.07) is 7.95. The molecule has 1 atom stereocenters. The summed E-state index contributed by atoms with van der Waals surface area (Å²) in [6.07, 6.45) is 0.716. The third-order valence-electron chi connectivity index (χ3n) is 1.67. The highest BCUT2D eigenvalue weighted by Gasteiger charge is 2.17. The SMILES string of the molecule is NC1Cc2ccccc2O1. The van der Waals surface area contributed by atoms with Crippen molar-refractivity contribution in [1.29, 1.82) is 0 Å². The molecule has 0 bridgehead atoms. The van der Waals surface area contributed by atoms with Gasteiger partial charge < -0.3 is 4.74 Å². The maximum absolute atomic E-state index is 5.56. The molecular weight excluding hydrogens is 126 g/mol. The zero-order chi connectivity index (χ0) is 6.97. The summed E-state index contributed by atoms with van der Waals surface area (Å²) in [6.45, 7) is 0. The predicted molar refractivity (Wildman–Crippen MR) is 38.7 cm³/mol. The monoisotopic (exact) mass is 135 g/mol. The van der Waals surface area contributed by atoms with E-state index in [0.29, 0.717) is 0 Å². The third-order valence-corrected chi connectivity index (χ3v) is 1.67. The first-order valence-corrected chi connectivity index (χ1v) is 3.36. The van der Waals surface area contributed by atoms with Crippen LogP contribution in [0.5, 0.6) is 5.75 Å². The fraction of sp³-hybridized carbons (Fsp3) is 0.250. The summed E-state index contributed by atoms with van der Waals surface area (Å²) in [5.41, 5.74) is 6.78. The van der Waals surface area contributed by atoms with Gasteiger partial charge >= 0.3 is 0 Å². The molecule has 0 saturated carbocycles. The fourth-order valence-electron chi connectivity index (χ4n) is 1.21. The molecule has 1 aromatic rings. The summed E-state index contributed by atoms with van der Waals surface area (Å²) in [4.78, 5) is 0. The summed E-state index contributed by atoms with van der Waals surface area (Å²) >= 11 is 0. The molecule has 0 aliphatic carbocycles. The van der Waals surface area contributed by atoms with Crippen LogP contribution in [0.1, 0.15) is 5.56 Å². The lowest BCUT2D eigenvalue weighted by atomic mass is 10.2. The Kier molecular flexibility index (Phi) is 1.14. The summed E-state index contributed by atoms with van der Waals surface area (Å²) in [5, 5.41) is 0. The van der Waals surface area contributed by atoms with Crippen LogP contribution in [0.15, 0.2) is 24.3 Å². The normalized spacial score (nSPS) is 21.9. The van der Waals surface area contributed by atoms with Crippen molar-refractivity contribution in [2.24, 2.45) is 5.73 Å². The van der Waals surface area contributed by atoms with Crippen molar-refractivity contribution in [3.63, 3.8) is 0 Å². The number of nitrogens with two attached hydrogens (primary N) is 1. The molecule has 0 spiro atoms. The van der Waals surface area contributed by atoms with Gasteiger partial charge in [-0.1, -0.05) is 18.2 Å². The third kappa shape index (κ3) is 0.772. The molecule has 2 nitrogen and oxygen atoms in total. The van der Waals surface area contributed by atoms with Gasteiger partial charge in [0, 0.05) is 6.42 Å². The zero-order valence-corrected chi connectivity index (χ0v) is 5.58. The minimum absolute atomic E-state index is 0.127. The number of ether oxygens (including phenoxy) is 1. The first-order chi connectivity index (χ1) is 4.86. The van der Waals surface area contributed by atoms with Gasteiger partial charge in [0.2, 0.25) is 0 Å². The van der Waals surface area contributed by atoms with Crippen LogP contribution in [0.2, 0.25) is 0 Å². The Labute approximate surface area is 59.6 Å². The molecule has 1 unspecified atom stereocenters. The van der Waals surface area contributed by atoms with Crippen molar-refractivity contribution >= 4 is 0 Å². The second-order valence-corrected chi connectivity index (χ2v) is 2.47. The van der Waals surface area contributed by atoms with Crippen LogP contribution >= 0.6 is 0 Å². The second kappa shape index (κ2) is 1.99. The number of fused-ring (bicyclic) bond motifs is 1. The van der Waals surface area contributed by atoms with Gasteiger partial charge in [0.05, 0.1) is 0 Å². The number of benzene rings is 1. The van der Waals surface area contributed by atoms with Crippen molar-refractivity contribution in [2.75, 3.05) is 0 Å². The van der Waals surface area contributed by atoms with Crippen LogP contribution in [-0.2, 0) is 6.42 Å². The maximum atomic E-state index is 5.56. The Morgan fingerprint density at radius 3 is 3.00 bits per heavy atom. The van der Waals surface area contributed by atoms with Crippen LogP contribution in [0, 0.1) is 0 Å². The van der Waals surface area contributed by atoms with E-state index < -0.39 is 0 Å². The lowest BCUT2D eigenvalue weighted by Crippen LogP contribution is -2.23. The van der Waals surface area contributed by atoms with Crippen molar-refractivity contribution < 1.29 is 4.74 Å². The molecular formula is C8H9NO. The van der Waals surface area contributed by atoms with E-state index in [4.69, 9.17) is 10.5 Å². The highest BCUT2D eigenvalue weighted by Crippen LogP contribution is 2.25. The summed E-state index contributed by atoms with van der Waals surface area (Å²) < 4.78 is 5.28. The van der Waals surface area contributed by atoms with Crippen LogP contribution in [0.4, 0.5) is 0 Å². The Balaban J connectivity index is 2.42. The number of hydrogen-bond acceptors (Lipinski definition) is 2. The molecule has 0 amide bonds. The minimum Gasteiger partial charge on any atom is -0.475 e. The van der Waals surface area contributed by atoms with Gasteiger partial charge in [-0.15, -0.1) is 0 Å². The van der Waals surface area contributed by atoms with Gasteiger partial charge in [-0.05, 0) is 11.6 Å². The topological polar surface area (TPSA) is 35.2 Å². The highest BCUT2D eigenvalue weighted by atomic mass is 16.5. The smallest absolute Gasteiger partial charge is 0.151 e. The largest absolute Gasteiger partial charge is 0.475 e. The van der Waals surface area contributed by atoms with E-state index in [1.165, 1.54) is 5.56 Å². The molecule has 2 rings (SSSR count). The van der Waals surface area contributed by atoms with E-state index >= 15 is 0 Å².